The van der Waals surface area contributed by atoms with Crippen molar-refractivity contribution in [2.45, 2.75) is 19.8 Å². The lowest BCUT2D eigenvalue weighted by Gasteiger charge is -2.12. The quantitative estimate of drug-likeness (QED) is 0.410. The summed E-state index contributed by atoms with van der Waals surface area (Å²) in [5.41, 5.74) is 3.71. The third kappa shape index (κ3) is 4.83. The number of rotatable bonds is 7. The van der Waals surface area contributed by atoms with E-state index in [-0.39, 0.29) is 18.1 Å². The van der Waals surface area contributed by atoms with E-state index in [1.165, 1.54) is 6.07 Å². The van der Waals surface area contributed by atoms with Gasteiger partial charge in [-0.15, -0.1) is 0 Å². The first-order valence-electron chi connectivity index (χ1n) is 10.3. The van der Waals surface area contributed by atoms with Crippen molar-refractivity contribution in [2.75, 3.05) is 11.9 Å². The second-order valence-corrected chi connectivity index (χ2v) is 7.25. The molecule has 156 valence electrons. The molecule has 4 rings (SSSR count). The maximum absolute atomic E-state index is 12.5. The highest BCUT2D eigenvalue weighted by Crippen LogP contribution is 2.28. The Labute approximate surface area is 180 Å². The zero-order valence-electron chi connectivity index (χ0n) is 17.3. The van der Waals surface area contributed by atoms with Crippen LogP contribution in [0.5, 0.6) is 5.75 Å². The van der Waals surface area contributed by atoms with Crippen molar-refractivity contribution in [3.63, 3.8) is 0 Å². The van der Waals surface area contributed by atoms with Gasteiger partial charge in [-0.05, 0) is 35.7 Å². The number of fused-ring (bicyclic) bond motifs is 1. The Balaban J connectivity index is 1.47. The standard InChI is InChI=1S/C26H23NO4/c1-2-8-19-15-26(29)31-24-16-20(13-14-22(19)24)30-17-25(28)27-23-12-7-6-11-21(23)18-9-4-3-5-10-18/h3-7,9-16H,2,8,17H2,1H3,(H,27,28). The maximum atomic E-state index is 12.5. The lowest BCUT2D eigenvalue weighted by Crippen LogP contribution is -2.20. The molecule has 1 amide bonds. The van der Waals surface area contributed by atoms with Crippen molar-refractivity contribution >= 4 is 22.6 Å². The Bertz CT molecular complexity index is 1260. The van der Waals surface area contributed by atoms with Crippen molar-refractivity contribution < 1.29 is 13.9 Å². The smallest absolute Gasteiger partial charge is 0.336 e. The molecule has 0 atom stereocenters. The number of benzene rings is 3. The van der Waals surface area contributed by atoms with E-state index < -0.39 is 0 Å². The zero-order chi connectivity index (χ0) is 21.6. The molecule has 0 aliphatic rings. The van der Waals surface area contributed by atoms with Crippen LogP contribution in [0.4, 0.5) is 5.69 Å². The molecular formula is C26H23NO4. The molecule has 3 aromatic carbocycles. The molecule has 1 aromatic heterocycles. The van der Waals surface area contributed by atoms with Crippen molar-refractivity contribution in [3.05, 3.63) is 94.8 Å². The SMILES string of the molecule is CCCc1cc(=O)oc2cc(OCC(=O)Nc3ccccc3-c3ccccc3)ccc12. The van der Waals surface area contributed by atoms with E-state index in [1.807, 2.05) is 60.7 Å². The number of hydrogen-bond acceptors (Lipinski definition) is 4. The minimum absolute atomic E-state index is 0.159. The number of ether oxygens (including phenoxy) is 1. The van der Waals surface area contributed by atoms with Gasteiger partial charge in [-0.25, -0.2) is 4.79 Å². The van der Waals surface area contributed by atoms with Gasteiger partial charge >= 0.3 is 5.63 Å². The predicted octanol–water partition coefficient (Wildman–Crippen LogP) is 5.43. The van der Waals surface area contributed by atoms with Crippen molar-refractivity contribution in [1.29, 1.82) is 0 Å². The van der Waals surface area contributed by atoms with E-state index in [2.05, 4.69) is 12.2 Å². The predicted molar refractivity (Wildman–Crippen MR) is 122 cm³/mol. The minimum atomic E-state index is -0.386. The van der Waals surface area contributed by atoms with Gasteiger partial charge in [0.15, 0.2) is 6.61 Å². The number of carbonyl (C=O) groups is 1. The summed E-state index contributed by atoms with van der Waals surface area (Å²) in [6.45, 7) is 1.90. The highest BCUT2D eigenvalue weighted by molar-refractivity contribution is 5.96. The van der Waals surface area contributed by atoms with Gasteiger partial charge in [0.1, 0.15) is 11.3 Å². The van der Waals surface area contributed by atoms with Gasteiger partial charge < -0.3 is 14.5 Å². The monoisotopic (exact) mass is 413 g/mol. The molecular weight excluding hydrogens is 390 g/mol. The molecule has 0 fully saturated rings. The Kier molecular flexibility index (Phi) is 6.13. The zero-order valence-corrected chi connectivity index (χ0v) is 17.3. The first kappa shape index (κ1) is 20.4. The third-order valence-corrected chi connectivity index (χ3v) is 4.98. The lowest BCUT2D eigenvalue weighted by atomic mass is 10.0. The fourth-order valence-corrected chi connectivity index (χ4v) is 3.57. The summed E-state index contributed by atoms with van der Waals surface area (Å²) < 4.78 is 11.0. The molecule has 0 aliphatic heterocycles. The van der Waals surface area contributed by atoms with E-state index in [0.29, 0.717) is 11.3 Å². The van der Waals surface area contributed by atoms with Crippen molar-refractivity contribution in [2.24, 2.45) is 0 Å². The normalized spacial score (nSPS) is 10.7. The first-order valence-corrected chi connectivity index (χ1v) is 10.3. The summed E-state index contributed by atoms with van der Waals surface area (Å²) in [5.74, 6) is 0.195. The Morgan fingerprint density at radius 1 is 0.968 bits per heavy atom. The number of nitrogens with one attached hydrogen (secondary N) is 1. The summed E-state index contributed by atoms with van der Waals surface area (Å²) in [7, 11) is 0. The first-order chi connectivity index (χ1) is 15.1. The molecule has 0 unspecified atom stereocenters. The average molecular weight is 413 g/mol. The van der Waals surface area contributed by atoms with Gasteiger partial charge in [0.2, 0.25) is 0 Å². The van der Waals surface area contributed by atoms with Crippen LogP contribution in [0.2, 0.25) is 0 Å². The lowest BCUT2D eigenvalue weighted by molar-refractivity contribution is -0.118. The number of amides is 1. The molecule has 0 saturated carbocycles. The third-order valence-electron chi connectivity index (χ3n) is 4.98. The second-order valence-electron chi connectivity index (χ2n) is 7.25. The van der Waals surface area contributed by atoms with Gasteiger partial charge in [0.25, 0.3) is 5.91 Å². The maximum Gasteiger partial charge on any atom is 0.336 e. The molecule has 5 nitrogen and oxygen atoms in total. The molecule has 31 heavy (non-hydrogen) atoms. The second kappa shape index (κ2) is 9.30. The van der Waals surface area contributed by atoms with E-state index in [9.17, 15) is 9.59 Å². The summed E-state index contributed by atoms with van der Waals surface area (Å²) in [6, 6.07) is 24.3. The summed E-state index contributed by atoms with van der Waals surface area (Å²) >= 11 is 0. The van der Waals surface area contributed by atoms with Crippen molar-refractivity contribution in [3.8, 4) is 16.9 Å². The fourth-order valence-electron chi connectivity index (χ4n) is 3.57. The van der Waals surface area contributed by atoms with Crippen LogP contribution in [-0.2, 0) is 11.2 Å². The molecule has 0 spiro atoms. The molecule has 5 heteroatoms. The summed E-state index contributed by atoms with van der Waals surface area (Å²) in [6.07, 6.45) is 1.73. The summed E-state index contributed by atoms with van der Waals surface area (Å²) in [5, 5.41) is 3.80. The van der Waals surface area contributed by atoms with Crippen LogP contribution in [0.25, 0.3) is 22.1 Å². The molecule has 0 radical (unpaired) electrons. The van der Waals surface area contributed by atoms with Gasteiger partial charge in [0.05, 0.1) is 0 Å². The van der Waals surface area contributed by atoms with E-state index in [0.717, 1.165) is 40.6 Å². The fraction of sp³-hybridized carbons (Fsp3) is 0.154. The van der Waals surface area contributed by atoms with Crippen LogP contribution in [0.3, 0.4) is 0 Å². The van der Waals surface area contributed by atoms with Crippen LogP contribution in [0, 0.1) is 0 Å². The molecule has 1 N–H and O–H groups in total. The van der Waals surface area contributed by atoms with Crippen LogP contribution in [-0.4, -0.2) is 12.5 Å². The molecule has 0 bridgehead atoms. The average Bonchev–Trinajstić information content (AvgIpc) is 2.78. The number of hydrogen-bond donors (Lipinski definition) is 1. The van der Waals surface area contributed by atoms with E-state index >= 15 is 0 Å². The minimum Gasteiger partial charge on any atom is -0.484 e. The Morgan fingerprint density at radius 2 is 1.74 bits per heavy atom. The van der Waals surface area contributed by atoms with Gasteiger partial charge in [-0.3, -0.25) is 4.79 Å². The van der Waals surface area contributed by atoms with Crippen molar-refractivity contribution in [1.82, 2.24) is 0 Å². The van der Waals surface area contributed by atoms with Crippen LogP contribution in [0.1, 0.15) is 18.9 Å². The Morgan fingerprint density at radius 3 is 2.55 bits per heavy atom. The van der Waals surface area contributed by atoms with E-state index in [1.54, 1.807) is 12.1 Å². The summed E-state index contributed by atoms with van der Waals surface area (Å²) in [4.78, 5) is 24.4. The highest BCUT2D eigenvalue weighted by atomic mass is 16.5. The van der Waals surface area contributed by atoms with E-state index in [4.69, 9.17) is 9.15 Å². The van der Waals surface area contributed by atoms with Crippen LogP contribution < -0.4 is 15.7 Å². The molecule has 0 aliphatic carbocycles. The number of para-hydroxylation sites is 1. The number of carbonyl (C=O) groups excluding carboxylic acids is 1. The van der Waals surface area contributed by atoms with Gasteiger partial charge in [0, 0.05) is 28.8 Å². The van der Waals surface area contributed by atoms with Gasteiger partial charge in [-0.1, -0.05) is 61.9 Å². The number of anilines is 1. The molecule has 4 aromatic rings. The van der Waals surface area contributed by atoms with Crippen LogP contribution >= 0.6 is 0 Å². The molecule has 0 saturated heterocycles. The largest absolute Gasteiger partial charge is 0.484 e. The Hall–Kier alpha value is -3.86. The topological polar surface area (TPSA) is 68.5 Å². The van der Waals surface area contributed by atoms with Gasteiger partial charge in [-0.2, -0.15) is 0 Å². The molecule has 1 heterocycles. The highest BCUT2D eigenvalue weighted by Gasteiger charge is 2.11. The van der Waals surface area contributed by atoms with Crippen LogP contribution in [0.15, 0.2) is 88.1 Å². The number of aryl methyl sites for hydroxylation is 1.